The summed E-state index contributed by atoms with van der Waals surface area (Å²) in [6, 6.07) is 18.8. The molecule has 1 aliphatic rings. The van der Waals surface area contributed by atoms with E-state index in [9.17, 15) is 4.79 Å². The summed E-state index contributed by atoms with van der Waals surface area (Å²) in [6.45, 7) is 2.87. The maximum absolute atomic E-state index is 12.5. The molecule has 1 aromatic heterocycles. The fourth-order valence-corrected chi connectivity index (χ4v) is 4.85. The van der Waals surface area contributed by atoms with Gasteiger partial charge in [-0.15, -0.1) is 0 Å². The predicted molar refractivity (Wildman–Crippen MR) is 143 cm³/mol. The molecule has 180 valence electrons. The van der Waals surface area contributed by atoms with Gasteiger partial charge in [-0.25, -0.2) is 9.78 Å². The third-order valence-corrected chi connectivity index (χ3v) is 6.71. The van der Waals surface area contributed by atoms with Gasteiger partial charge in [0.05, 0.1) is 5.52 Å². The molecule has 3 N–H and O–H groups in total. The van der Waals surface area contributed by atoms with Crippen molar-refractivity contribution in [2.24, 2.45) is 5.92 Å². The first-order chi connectivity index (χ1) is 16.5. The number of urea groups is 1. The van der Waals surface area contributed by atoms with Crippen LogP contribution in [-0.4, -0.2) is 37.7 Å². The molecular formula is C28H37N5O. The van der Waals surface area contributed by atoms with E-state index in [1.165, 1.54) is 16.6 Å². The fraction of sp³-hybridized carbons (Fsp3) is 0.429. The van der Waals surface area contributed by atoms with Crippen LogP contribution in [0.25, 0.3) is 10.9 Å². The Hall–Kier alpha value is -3.28. The number of hydrogen-bond acceptors (Lipinski definition) is 4. The van der Waals surface area contributed by atoms with Crippen molar-refractivity contribution < 1.29 is 4.79 Å². The smallest absolute Gasteiger partial charge is 0.319 e. The summed E-state index contributed by atoms with van der Waals surface area (Å²) in [5, 5.41) is 11.0. The van der Waals surface area contributed by atoms with Crippen LogP contribution in [-0.2, 0) is 6.42 Å². The number of pyridine rings is 1. The first kappa shape index (κ1) is 23.9. The molecule has 1 aliphatic carbocycles. The summed E-state index contributed by atoms with van der Waals surface area (Å²) in [4.78, 5) is 19.5. The van der Waals surface area contributed by atoms with Crippen molar-refractivity contribution in [2.75, 3.05) is 36.2 Å². The number of hydrogen-bond donors (Lipinski definition) is 3. The molecule has 0 unspecified atom stereocenters. The average Bonchev–Trinajstić information content (AvgIpc) is 2.84. The third-order valence-electron chi connectivity index (χ3n) is 6.71. The number of amides is 2. The van der Waals surface area contributed by atoms with E-state index in [2.05, 4.69) is 72.2 Å². The van der Waals surface area contributed by atoms with Crippen molar-refractivity contribution >= 4 is 34.1 Å². The molecule has 3 aromatic rings. The molecule has 1 saturated carbocycles. The highest BCUT2D eigenvalue weighted by Gasteiger charge is 2.22. The van der Waals surface area contributed by atoms with Gasteiger partial charge in [0.2, 0.25) is 0 Å². The van der Waals surface area contributed by atoms with Crippen molar-refractivity contribution in [3.05, 3.63) is 60.2 Å². The zero-order valence-corrected chi connectivity index (χ0v) is 20.6. The van der Waals surface area contributed by atoms with Gasteiger partial charge in [-0.1, -0.05) is 49.7 Å². The molecule has 4 rings (SSSR count). The Bertz CT molecular complexity index is 1100. The molecule has 0 radical (unpaired) electrons. The number of fused-ring (bicyclic) bond motifs is 1. The van der Waals surface area contributed by atoms with Crippen molar-refractivity contribution in [1.82, 2.24) is 10.3 Å². The van der Waals surface area contributed by atoms with E-state index >= 15 is 0 Å². The highest BCUT2D eigenvalue weighted by atomic mass is 16.2. The molecule has 6 nitrogen and oxygen atoms in total. The van der Waals surface area contributed by atoms with Crippen LogP contribution in [0.1, 0.15) is 44.6 Å². The van der Waals surface area contributed by atoms with Gasteiger partial charge < -0.3 is 20.9 Å². The number of carbonyl (C=O) groups excluding carboxylic acids is 1. The van der Waals surface area contributed by atoms with Crippen molar-refractivity contribution in [3.8, 4) is 0 Å². The number of carbonyl (C=O) groups is 1. The van der Waals surface area contributed by atoms with Crippen molar-refractivity contribution in [3.63, 3.8) is 0 Å². The second-order valence-electron chi connectivity index (χ2n) is 9.54. The fourth-order valence-electron chi connectivity index (χ4n) is 4.85. The first-order valence-electron chi connectivity index (χ1n) is 12.5. The number of para-hydroxylation sites is 2. The van der Waals surface area contributed by atoms with E-state index in [1.807, 2.05) is 24.3 Å². The number of aromatic nitrogens is 1. The Kier molecular flexibility index (Phi) is 7.88. The lowest BCUT2D eigenvalue weighted by molar-refractivity contribution is 0.246. The summed E-state index contributed by atoms with van der Waals surface area (Å²) in [6.07, 6.45) is 6.38. The van der Waals surface area contributed by atoms with Gasteiger partial charge in [-0.3, -0.25) is 0 Å². The van der Waals surface area contributed by atoms with E-state index in [1.54, 1.807) is 0 Å². The van der Waals surface area contributed by atoms with Crippen LogP contribution in [0, 0.1) is 5.92 Å². The highest BCUT2D eigenvalue weighted by Crippen LogP contribution is 2.30. The Morgan fingerprint density at radius 3 is 2.53 bits per heavy atom. The number of anilines is 3. The molecule has 1 heterocycles. The number of aryl methyl sites for hydroxylation is 1. The summed E-state index contributed by atoms with van der Waals surface area (Å²) < 4.78 is 0. The van der Waals surface area contributed by atoms with Gasteiger partial charge >= 0.3 is 6.03 Å². The first-order valence-corrected chi connectivity index (χ1v) is 12.5. The molecular weight excluding hydrogens is 422 g/mol. The van der Waals surface area contributed by atoms with Crippen molar-refractivity contribution in [1.29, 1.82) is 0 Å². The summed E-state index contributed by atoms with van der Waals surface area (Å²) in [7, 11) is 4.14. The van der Waals surface area contributed by atoms with E-state index in [4.69, 9.17) is 4.98 Å². The quantitative estimate of drug-likeness (QED) is 0.384. The molecule has 34 heavy (non-hydrogen) atoms. The van der Waals surface area contributed by atoms with E-state index in [0.717, 1.165) is 55.5 Å². The minimum Gasteiger partial charge on any atom is -0.377 e. The molecule has 0 aliphatic heterocycles. The van der Waals surface area contributed by atoms with Crippen LogP contribution in [0.5, 0.6) is 0 Å². The Morgan fingerprint density at radius 2 is 1.76 bits per heavy atom. The van der Waals surface area contributed by atoms with E-state index in [0.29, 0.717) is 18.5 Å². The van der Waals surface area contributed by atoms with Crippen molar-refractivity contribution in [2.45, 2.75) is 51.5 Å². The topological polar surface area (TPSA) is 69.3 Å². The van der Waals surface area contributed by atoms with Gasteiger partial charge in [0.1, 0.15) is 5.82 Å². The molecule has 0 spiro atoms. The predicted octanol–water partition coefficient (Wildman–Crippen LogP) is 6.05. The van der Waals surface area contributed by atoms with Crippen LogP contribution in [0.3, 0.4) is 0 Å². The second kappa shape index (κ2) is 11.2. The molecule has 2 amide bonds. The lowest BCUT2D eigenvalue weighted by atomic mass is 9.86. The summed E-state index contributed by atoms with van der Waals surface area (Å²) in [5.41, 5.74) is 4.29. The molecule has 6 heteroatoms. The number of nitrogens with one attached hydrogen (secondary N) is 3. The number of nitrogens with zero attached hydrogens (tertiary/aromatic N) is 2. The maximum atomic E-state index is 12.5. The Labute approximate surface area is 203 Å². The molecule has 2 aromatic carbocycles. The Morgan fingerprint density at radius 1 is 1.03 bits per heavy atom. The highest BCUT2D eigenvalue weighted by molar-refractivity contribution is 5.93. The van der Waals surface area contributed by atoms with E-state index < -0.39 is 0 Å². The number of rotatable bonds is 8. The van der Waals surface area contributed by atoms with Gasteiger partial charge in [-0.05, 0) is 55.7 Å². The summed E-state index contributed by atoms with van der Waals surface area (Å²) in [5.74, 6) is 1.45. The van der Waals surface area contributed by atoms with Gasteiger partial charge in [0, 0.05) is 49.5 Å². The van der Waals surface area contributed by atoms with Crippen LogP contribution >= 0.6 is 0 Å². The maximum Gasteiger partial charge on any atom is 0.319 e. The third kappa shape index (κ3) is 5.99. The zero-order valence-electron chi connectivity index (χ0n) is 20.6. The minimum absolute atomic E-state index is 0.111. The zero-order chi connectivity index (χ0) is 23.9. The lowest BCUT2D eigenvalue weighted by Crippen LogP contribution is -2.36. The van der Waals surface area contributed by atoms with E-state index in [-0.39, 0.29) is 6.03 Å². The minimum atomic E-state index is -0.111. The van der Waals surface area contributed by atoms with Crippen LogP contribution in [0.4, 0.5) is 22.0 Å². The average molecular weight is 460 g/mol. The monoisotopic (exact) mass is 459 g/mol. The molecule has 0 bridgehead atoms. The van der Waals surface area contributed by atoms with Crippen LogP contribution in [0.15, 0.2) is 54.6 Å². The molecule has 0 saturated heterocycles. The van der Waals surface area contributed by atoms with Gasteiger partial charge in [-0.2, -0.15) is 0 Å². The SMILES string of the molecule is CCCc1ccccc1NC(=O)NC[C@H]1CC[C@@H](Nc2cc(N(C)C)c3ccccc3n2)CC1. The lowest BCUT2D eigenvalue weighted by Gasteiger charge is -2.30. The largest absolute Gasteiger partial charge is 0.377 e. The molecule has 0 atom stereocenters. The number of benzene rings is 2. The molecule has 1 fully saturated rings. The normalized spacial score (nSPS) is 17.9. The van der Waals surface area contributed by atoms with Crippen LogP contribution < -0.4 is 20.9 Å². The second-order valence-corrected chi connectivity index (χ2v) is 9.54. The summed E-state index contributed by atoms with van der Waals surface area (Å²) >= 11 is 0. The van der Waals surface area contributed by atoms with Gasteiger partial charge in [0.25, 0.3) is 0 Å². The van der Waals surface area contributed by atoms with Crippen LogP contribution in [0.2, 0.25) is 0 Å². The Balaban J connectivity index is 1.27. The van der Waals surface area contributed by atoms with Gasteiger partial charge in [0.15, 0.2) is 0 Å². The standard InChI is InChI=1S/C28H37N5O/c1-4-9-21-10-5-7-12-24(21)32-28(34)29-19-20-14-16-22(17-15-20)30-27-18-26(33(2)3)23-11-6-8-13-25(23)31-27/h5-8,10-13,18,20,22H,4,9,14-17,19H2,1-3H3,(H,30,31)(H2,29,32,34)/t20-,22+.